The molecule has 6 rings (SSSR count). The molecule has 3 heterocycles. The predicted molar refractivity (Wildman–Crippen MR) is 234 cm³/mol. The summed E-state index contributed by atoms with van der Waals surface area (Å²) in [6, 6.07) is 24.0. The molecule has 0 aliphatic heterocycles. The lowest BCUT2D eigenvalue weighted by Crippen LogP contribution is -2.11. The third kappa shape index (κ3) is 19.3. The van der Waals surface area contributed by atoms with Crippen LogP contribution in [0.15, 0.2) is 104 Å². The summed E-state index contributed by atoms with van der Waals surface area (Å²) >= 11 is 5.97. The number of imidazole rings is 3. The van der Waals surface area contributed by atoms with E-state index in [4.69, 9.17) is 22.8 Å². The summed E-state index contributed by atoms with van der Waals surface area (Å²) in [6.45, 7) is 7.34. The lowest BCUT2D eigenvalue weighted by Gasteiger charge is -2.08. The number of nitrogens with zero attached hydrogens (tertiary/aromatic N) is 5. The van der Waals surface area contributed by atoms with E-state index in [1.807, 2.05) is 93.6 Å². The summed E-state index contributed by atoms with van der Waals surface area (Å²) in [4.78, 5) is 47.7. The molecule has 0 fully saturated rings. The van der Waals surface area contributed by atoms with Crippen LogP contribution in [0, 0.1) is 20.8 Å². The molecule has 0 atom stereocenters. The lowest BCUT2D eigenvalue weighted by atomic mass is 10.1. The molecule has 324 valence electrons. The van der Waals surface area contributed by atoms with Crippen LogP contribution in [0.2, 0.25) is 5.28 Å². The minimum absolute atomic E-state index is 0. The molecule has 0 spiro atoms. The summed E-state index contributed by atoms with van der Waals surface area (Å²) in [7, 11) is 3.02. The number of alkyl halides is 1. The van der Waals surface area contributed by atoms with E-state index in [0.717, 1.165) is 16.7 Å². The zero-order valence-electron chi connectivity index (χ0n) is 32.5. The maximum Gasteiger partial charge on any atom is 0.356 e. The quantitative estimate of drug-likeness (QED) is 0.111. The first kappa shape index (κ1) is 55.0. The smallest absolute Gasteiger partial charge is 0.356 e. The number of aryl methyl sites for hydroxylation is 3. The molecule has 2 N–H and O–H groups in total. The SMILES string of the molecule is C.C.C.C.COC(=O)c1cnc(Cl)n1Cc1ccc(C)cc1.COC(=O)c1cnc[nH]1.COC(=O)c1cncn1Cc1ccc(C)cc1.Cc1ccc(CO)cc1.[2H]CF. The third-order valence-electron chi connectivity index (χ3n) is 7.45. The number of aromatic amines is 1. The number of H-pyrrole nitrogens is 1. The average molecular weight is 842 g/mol. The van der Waals surface area contributed by atoms with E-state index in [1.165, 1.54) is 62.9 Å². The molecule has 0 aliphatic carbocycles. The fourth-order valence-electron chi connectivity index (χ4n) is 4.43. The van der Waals surface area contributed by atoms with Gasteiger partial charge in [-0.3, -0.25) is 4.39 Å². The summed E-state index contributed by atoms with van der Waals surface area (Å²) < 4.78 is 32.7. The van der Waals surface area contributed by atoms with Gasteiger partial charge in [0.1, 0.15) is 17.1 Å². The van der Waals surface area contributed by atoms with Gasteiger partial charge in [0.05, 0.1) is 74.3 Å². The number of carbonyl (C=O) groups excluding carboxylic acids is 3. The Morgan fingerprint density at radius 1 is 0.695 bits per heavy atom. The number of hydrogen-bond donors (Lipinski definition) is 2. The number of aliphatic hydroxyl groups is 1. The number of benzene rings is 3. The highest BCUT2D eigenvalue weighted by Gasteiger charge is 2.16. The Kier molecular flexibility index (Phi) is 28.8. The Morgan fingerprint density at radius 2 is 1.14 bits per heavy atom. The Labute approximate surface area is 355 Å². The van der Waals surface area contributed by atoms with Gasteiger partial charge >= 0.3 is 17.9 Å². The number of nitrogens with one attached hydrogen (secondary N) is 1. The van der Waals surface area contributed by atoms with Crippen LogP contribution in [-0.4, -0.2) is 80.6 Å². The molecule has 6 aromatic rings. The molecule has 59 heavy (non-hydrogen) atoms. The summed E-state index contributed by atoms with van der Waals surface area (Å²) in [6.07, 6.45) is 7.40. The van der Waals surface area contributed by atoms with Gasteiger partial charge in [0.25, 0.3) is 0 Å². The van der Waals surface area contributed by atoms with Gasteiger partial charge < -0.3 is 33.4 Å². The molecular weight excluding hydrogens is 779 g/mol. The molecule has 0 saturated carbocycles. The molecule has 0 unspecified atom stereocenters. The van der Waals surface area contributed by atoms with E-state index < -0.39 is 19.1 Å². The number of aromatic nitrogens is 6. The molecule has 0 amide bonds. The lowest BCUT2D eigenvalue weighted by molar-refractivity contribution is 0.0580. The molecule has 0 radical (unpaired) electrons. The highest BCUT2D eigenvalue weighted by molar-refractivity contribution is 6.28. The minimum Gasteiger partial charge on any atom is -0.464 e. The summed E-state index contributed by atoms with van der Waals surface area (Å²) in [5.74, 6) is -1.20. The van der Waals surface area contributed by atoms with Gasteiger partial charge in [-0.05, 0) is 49.1 Å². The van der Waals surface area contributed by atoms with Crippen LogP contribution in [0.5, 0.6) is 0 Å². The van der Waals surface area contributed by atoms with Crippen molar-refractivity contribution in [3.8, 4) is 0 Å². The zero-order chi connectivity index (χ0) is 41.5. The van der Waals surface area contributed by atoms with Crippen LogP contribution in [0.25, 0.3) is 0 Å². The molecule has 0 bridgehead atoms. The monoisotopic (exact) mass is 841 g/mol. The van der Waals surface area contributed by atoms with Crippen molar-refractivity contribution in [3.63, 3.8) is 0 Å². The van der Waals surface area contributed by atoms with E-state index in [-0.39, 0.29) is 47.6 Å². The number of aliphatic hydroxyl groups excluding tert-OH is 1. The molecule has 3 aromatic heterocycles. The largest absolute Gasteiger partial charge is 0.464 e. The highest BCUT2D eigenvalue weighted by atomic mass is 35.5. The van der Waals surface area contributed by atoms with Gasteiger partial charge in [-0.15, -0.1) is 0 Å². The Balaban J connectivity index is -0.000000718. The predicted octanol–water partition coefficient (Wildman–Crippen LogP) is 9.52. The van der Waals surface area contributed by atoms with Gasteiger partial charge in [-0.2, -0.15) is 0 Å². The van der Waals surface area contributed by atoms with Crippen LogP contribution in [-0.2, 0) is 33.9 Å². The van der Waals surface area contributed by atoms with E-state index >= 15 is 0 Å². The average Bonchev–Trinajstić information content (AvgIpc) is 4.00. The molecular formula is C44H62ClFN6O7. The minimum atomic E-state index is -1.00. The first-order valence-corrected chi connectivity index (χ1v) is 16.9. The van der Waals surface area contributed by atoms with Crippen LogP contribution in [0.3, 0.4) is 0 Å². The van der Waals surface area contributed by atoms with Gasteiger partial charge in [-0.1, -0.05) is 119 Å². The second-order valence-electron chi connectivity index (χ2n) is 11.5. The first-order chi connectivity index (χ1) is 26.9. The maximum absolute atomic E-state index is 11.6. The number of ether oxygens (including phenoxy) is 3. The molecule has 3 aromatic carbocycles. The summed E-state index contributed by atoms with van der Waals surface area (Å²) in [5, 5.41) is 8.90. The number of hydrogen-bond acceptors (Lipinski definition) is 10. The van der Waals surface area contributed by atoms with Crippen molar-refractivity contribution < 1.29 is 39.5 Å². The third-order valence-corrected chi connectivity index (χ3v) is 7.75. The standard InChI is InChI=1S/C13H13ClN2O2.C13H14N2O2.C8H10O.C5H6N2O2.CH3F.4CH4/c1-9-3-5-10(6-4-9)8-16-11(12(17)18-2)7-15-13(16)14;1-10-3-5-11(6-4-10)8-15-9-14-7-12(15)13(16)17-2;1-7-2-4-8(6-9)5-3-7;1-9-5(8)4-2-6-3-7-4;1-2;;;;/h3-7H,8H2,1-2H3;3-7,9H,8H2,1-2H3;2-5,9H,6H2,1H3;2-3H,1H3,(H,6,7);1H3;4*1H4/i;;;;1D;;;;. The number of esters is 3. The van der Waals surface area contributed by atoms with Crippen molar-refractivity contribution in [3.05, 3.63) is 160 Å². The number of methoxy groups -OCH3 is 3. The Bertz CT molecular complexity index is 2040. The van der Waals surface area contributed by atoms with Crippen molar-refractivity contribution in [2.24, 2.45) is 0 Å². The Morgan fingerprint density at radius 3 is 1.56 bits per heavy atom. The maximum atomic E-state index is 11.6. The molecule has 13 nitrogen and oxygen atoms in total. The first-order valence-electron chi connectivity index (χ1n) is 17.2. The van der Waals surface area contributed by atoms with Gasteiger partial charge in [-0.25, -0.2) is 29.3 Å². The van der Waals surface area contributed by atoms with Crippen LogP contribution < -0.4 is 0 Å². The number of halogens is 2. The zero-order valence-corrected chi connectivity index (χ0v) is 32.3. The van der Waals surface area contributed by atoms with Crippen LogP contribution >= 0.6 is 11.6 Å². The Hall–Kier alpha value is -6.12. The molecule has 0 aliphatic rings. The topological polar surface area (TPSA) is 163 Å². The molecule has 0 saturated heterocycles. The highest BCUT2D eigenvalue weighted by Crippen LogP contribution is 2.16. The van der Waals surface area contributed by atoms with Crippen molar-refractivity contribution in [1.29, 1.82) is 0 Å². The van der Waals surface area contributed by atoms with E-state index in [0.29, 0.717) is 30.2 Å². The van der Waals surface area contributed by atoms with Gasteiger partial charge in [0, 0.05) is 6.54 Å². The fraction of sp³-hybridized carbons (Fsp3) is 0.318. The number of rotatable bonds is 8. The van der Waals surface area contributed by atoms with E-state index in [1.54, 1.807) is 15.5 Å². The van der Waals surface area contributed by atoms with Gasteiger partial charge in [0.2, 0.25) is 5.28 Å². The van der Waals surface area contributed by atoms with Crippen molar-refractivity contribution in [2.45, 2.75) is 70.2 Å². The van der Waals surface area contributed by atoms with Crippen molar-refractivity contribution in [2.75, 3.05) is 28.5 Å². The van der Waals surface area contributed by atoms with Crippen LogP contribution in [0.4, 0.5) is 4.39 Å². The van der Waals surface area contributed by atoms with Gasteiger partial charge in [0.15, 0.2) is 0 Å². The van der Waals surface area contributed by atoms with E-state index in [9.17, 15) is 18.8 Å². The second-order valence-corrected chi connectivity index (χ2v) is 11.8. The fourth-order valence-corrected chi connectivity index (χ4v) is 4.63. The van der Waals surface area contributed by atoms with Crippen molar-refractivity contribution in [1.82, 2.24) is 29.1 Å². The van der Waals surface area contributed by atoms with E-state index in [2.05, 4.69) is 29.4 Å². The number of carbonyl (C=O) groups is 3. The normalized spacial score (nSPS) is 9.27. The second kappa shape index (κ2) is 30.9. The molecule has 15 heteroatoms. The van der Waals surface area contributed by atoms with Crippen LogP contribution in [0.1, 0.15) is 95.9 Å². The summed E-state index contributed by atoms with van der Waals surface area (Å²) in [5.41, 5.74) is 7.96. The van der Waals surface area contributed by atoms with Crippen molar-refractivity contribution >= 4 is 29.5 Å².